The van der Waals surface area contributed by atoms with Crippen LogP contribution in [0.2, 0.25) is 0 Å². The molecule has 0 aliphatic heterocycles. The second kappa shape index (κ2) is 3.95. The Morgan fingerprint density at radius 2 is 1.94 bits per heavy atom. The summed E-state index contributed by atoms with van der Waals surface area (Å²) in [7, 11) is 0. The van der Waals surface area contributed by atoms with E-state index in [0.717, 1.165) is 21.3 Å². The number of rotatable bonds is 1. The summed E-state index contributed by atoms with van der Waals surface area (Å²) in [5.74, 6) is 0.246. The number of nitrogens with zero attached hydrogens (tertiary/aromatic N) is 1. The van der Waals surface area contributed by atoms with Crippen LogP contribution in [0.5, 0.6) is 0 Å². The van der Waals surface area contributed by atoms with E-state index in [0.29, 0.717) is 0 Å². The molecule has 3 aromatic rings. The van der Waals surface area contributed by atoms with Crippen LogP contribution in [-0.2, 0) is 0 Å². The average Bonchev–Trinajstić information content (AvgIpc) is 2.70. The topological polar surface area (TPSA) is 21.5 Å². The second-order valence-corrected chi connectivity index (χ2v) is 6.17. The van der Waals surface area contributed by atoms with Gasteiger partial charge in [-0.3, -0.25) is 4.79 Å². The first-order valence-electron chi connectivity index (χ1n) is 6.13. The van der Waals surface area contributed by atoms with E-state index in [1.165, 1.54) is 4.88 Å². The van der Waals surface area contributed by atoms with Gasteiger partial charge in [-0.15, -0.1) is 11.3 Å². The molecule has 0 spiro atoms. The molecule has 18 heavy (non-hydrogen) atoms. The predicted octanol–water partition coefficient (Wildman–Crippen LogP) is 3.95. The third kappa shape index (κ3) is 1.51. The Hall–Kier alpha value is -1.61. The maximum absolute atomic E-state index is 12.6. The summed E-state index contributed by atoms with van der Waals surface area (Å²) in [5.41, 5.74) is 2.13. The van der Waals surface area contributed by atoms with Gasteiger partial charge in [0.05, 0.1) is 5.52 Å². The van der Waals surface area contributed by atoms with Crippen molar-refractivity contribution in [1.29, 1.82) is 0 Å². The van der Waals surface area contributed by atoms with E-state index in [2.05, 4.69) is 31.4 Å². The zero-order valence-corrected chi connectivity index (χ0v) is 11.5. The molecule has 1 aromatic carbocycles. The number of para-hydroxylation sites is 1. The van der Waals surface area contributed by atoms with Crippen molar-refractivity contribution in [1.82, 2.24) is 4.40 Å². The summed E-state index contributed by atoms with van der Waals surface area (Å²) in [6.45, 7) is 6.25. The van der Waals surface area contributed by atoms with Gasteiger partial charge in [-0.25, -0.2) is 0 Å². The minimum absolute atomic E-state index is 0.183. The van der Waals surface area contributed by atoms with Crippen molar-refractivity contribution in [2.45, 2.75) is 26.7 Å². The van der Waals surface area contributed by atoms with Crippen LogP contribution in [0.1, 0.15) is 30.2 Å². The molecule has 3 heteroatoms. The largest absolute Gasteiger partial charge is 0.307 e. The number of aryl methyl sites for hydroxylation is 1. The third-order valence-electron chi connectivity index (χ3n) is 3.25. The van der Waals surface area contributed by atoms with Crippen LogP contribution >= 0.6 is 11.3 Å². The Morgan fingerprint density at radius 1 is 1.22 bits per heavy atom. The Bertz CT molecular complexity index is 795. The lowest BCUT2D eigenvalue weighted by atomic mass is 10.0. The minimum atomic E-state index is 0.183. The summed E-state index contributed by atoms with van der Waals surface area (Å²) in [6, 6.07) is 7.85. The second-order valence-electron chi connectivity index (χ2n) is 4.93. The van der Waals surface area contributed by atoms with Crippen molar-refractivity contribution in [3.63, 3.8) is 0 Å². The smallest absolute Gasteiger partial charge is 0.194 e. The Balaban J connectivity index is 2.66. The van der Waals surface area contributed by atoms with Crippen molar-refractivity contribution in [2.24, 2.45) is 0 Å². The fourth-order valence-corrected chi connectivity index (χ4v) is 3.61. The van der Waals surface area contributed by atoms with Gasteiger partial charge in [0.15, 0.2) is 5.43 Å². The van der Waals surface area contributed by atoms with Crippen molar-refractivity contribution >= 4 is 27.1 Å². The van der Waals surface area contributed by atoms with Gasteiger partial charge in [-0.2, -0.15) is 0 Å². The van der Waals surface area contributed by atoms with E-state index >= 15 is 0 Å². The number of thiazole rings is 1. The highest BCUT2D eigenvalue weighted by Crippen LogP contribution is 2.28. The van der Waals surface area contributed by atoms with Gasteiger partial charge < -0.3 is 4.40 Å². The highest BCUT2D eigenvalue weighted by molar-refractivity contribution is 7.17. The lowest BCUT2D eigenvalue weighted by Gasteiger charge is -2.09. The maximum Gasteiger partial charge on any atom is 0.194 e. The highest BCUT2D eigenvalue weighted by Gasteiger charge is 2.16. The van der Waals surface area contributed by atoms with Crippen LogP contribution in [0.4, 0.5) is 0 Å². The molecule has 0 N–H and O–H groups in total. The molecule has 0 fully saturated rings. The monoisotopic (exact) mass is 257 g/mol. The van der Waals surface area contributed by atoms with Gasteiger partial charge in [0.1, 0.15) is 4.83 Å². The molecule has 0 radical (unpaired) electrons. The van der Waals surface area contributed by atoms with Crippen LogP contribution in [0.25, 0.3) is 15.7 Å². The highest BCUT2D eigenvalue weighted by atomic mass is 32.1. The summed E-state index contributed by atoms with van der Waals surface area (Å²) in [5, 5.41) is 0.816. The zero-order chi connectivity index (χ0) is 12.9. The Kier molecular flexibility index (Phi) is 2.52. The molecular weight excluding hydrogens is 242 g/mol. The van der Waals surface area contributed by atoms with E-state index < -0.39 is 0 Å². The number of hydrogen-bond acceptors (Lipinski definition) is 2. The van der Waals surface area contributed by atoms with Crippen molar-refractivity contribution in [2.75, 3.05) is 0 Å². The fourth-order valence-electron chi connectivity index (χ4n) is 2.46. The van der Waals surface area contributed by atoms with Crippen LogP contribution in [-0.4, -0.2) is 4.40 Å². The summed E-state index contributed by atoms with van der Waals surface area (Å²) in [4.78, 5) is 14.9. The summed E-state index contributed by atoms with van der Waals surface area (Å²) >= 11 is 1.70. The molecule has 0 unspecified atom stereocenters. The first kappa shape index (κ1) is 11.5. The number of hydrogen-bond donors (Lipinski definition) is 0. The molecule has 2 nitrogen and oxygen atoms in total. The minimum Gasteiger partial charge on any atom is -0.307 e. The quantitative estimate of drug-likeness (QED) is 0.647. The molecule has 92 valence electrons. The molecule has 0 atom stereocenters. The third-order valence-corrected chi connectivity index (χ3v) is 4.29. The van der Waals surface area contributed by atoms with Crippen LogP contribution < -0.4 is 5.43 Å². The lowest BCUT2D eigenvalue weighted by Crippen LogP contribution is -2.13. The van der Waals surface area contributed by atoms with Crippen LogP contribution in [0.3, 0.4) is 0 Å². The van der Waals surface area contributed by atoms with Crippen molar-refractivity contribution in [3.8, 4) is 0 Å². The first-order chi connectivity index (χ1) is 8.59. The maximum atomic E-state index is 12.6. The van der Waals surface area contributed by atoms with Gasteiger partial charge in [-0.05, 0) is 25.0 Å². The fraction of sp³-hybridized carbons (Fsp3) is 0.267. The number of benzene rings is 1. The van der Waals surface area contributed by atoms with Gasteiger partial charge in [0.25, 0.3) is 0 Å². The van der Waals surface area contributed by atoms with E-state index in [9.17, 15) is 4.79 Å². The van der Waals surface area contributed by atoms with Crippen LogP contribution in [0.15, 0.2) is 35.3 Å². The van der Waals surface area contributed by atoms with E-state index in [1.54, 1.807) is 11.3 Å². The summed E-state index contributed by atoms with van der Waals surface area (Å²) in [6.07, 6.45) is 2.12. The molecule has 0 amide bonds. The van der Waals surface area contributed by atoms with E-state index in [4.69, 9.17) is 0 Å². The van der Waals surface area contributed by atoms with Gasteiger partial charge in [0.2, 0.25) is 0 Å². The Labute approximate surface area is 110 Å². The molecular formula is C15H15NOS. The zero-order valence-electron chi connectivity index (χ0n) is 10.7. The van der Waals surface area contributed by atoms with Gasteiger partial charge >= 0.3 is 0 Å². The number of aromatic nitrogens is 1. The average molecular weight is 257 g/mol. The van der Waals surface area contributed by atoms with Gasteiger partial charge in [0, 0.05) is 22.0 Å². The summed E-state index contributed by atoms with van der Waals surface area (Å²) < 4.78 is 2.16. The first-order valence-corrected chi connectivity index (χ1v) is 6.94. The van der Waals surface area contributed by atoms with Crippen LogP contribution in [0, 0.1) is 6.92 Å². The molecule has 3 rings (SSSR count). The number of fused-ring (bicyclic) bond motifs is 3. The predicted molar refractivity (Wildman–Crippen MR) is 77.9 cm³/mol. The molecule has 0 bridgehead atoms. The SMILES string of the molecule is Cc1cn2c(s1)c(C(C)C)c(=O)c1ccccc12. The lowest BCUT2D eigenvalue weighted by molar-refractivity contribution is 0.864. The molecule has 0 saturated carbocycles. The molecule has 0 saturated heterocycles. The molecule has 0 aliphatic carbocycles. The van der Waals surface area contributed by atoms with E-state index in [-0.39, 0.29) is 11.3 Å². The molecule has 0 aliphatic rings. The number of pyridine rings is 1. The standard InChI is InChI=1S/C15H15NOS/c1-9(2)13-14(17)11-6-4-5-7-12(11)16-8-10(3)18-15(13)16/h4-9H,1-3H3. The van der Waals surface area contributed by atoms with Crippen molar-refractivity contribution < 1.29 is 0 Å². The molecule has 2 heterocycles. The van der Waals surface area contributed by atoms with Crippen molar-refractivity contribution in [3.05, 3.63) is 51.1 Å². The van der Waals surface area contributed by atoms with Gasteiger partial charge in [-0.1, -0.05) is 26.0 Å². The Morgan fingerprint density at radius 3 is 2.67 bits per heavy atom. The van der Waals surface area contributed by atoms with E-state index in [1.807, 2.05) is 24.3 Å². The molecule has 2 aromatic heterocycles. The normalized spacial score (nSPS) is 11.8.